The van der Waals surface area contributed by atoms with Crippen LogP contribution < -0.4 is 5.73 Å². The molecule has 0 heterocycles. The molecular weight excluding hydrogens is 318 g/mol. The smallest absolute Gasteiger partial charge is 0.227 e. The van der Waals surface area contributed by atoms with E-state index in [4.69, 9.17) is 10.5 Å². The Labute approximate surface area is 149 Å². The molecule has 2 atom stereocenters. The van der Waals surface area contributed by atoms with Gasteiger partial charge >= 0.3 is 0 Å². The molecule has 0 spiro atoms. The lowest BCUT2D eigenvalue weighted by Crippen LogP contribution is -2.32. The molecular formula is C19H29N3O3. The molecule has 6 heteroatoms. The van der Waals surface area contributed by atoms with Gasteiger partial charge in [-0.25, -0.2) is 4.99 Å². The number of methoxy groups -OCH3 is 1. The van der Waals surface area contributed by atoms with Crippen molar-refractivity contribution < 1.29 is 14.6 Å². The van der Waals surface area contributed by atoms with Gasteiger partial charge in [0.1, 0.15) is 5.84 Å². The monoisotopic (exact) mass is 347 g/mol. The predicted octanol–water partition coefficient (Wildman–Crippen LogP) is 1.97. The van der Waals surface area contributed by atoms with E-state index < -0.39 is 17.9 Å². The summed E-state index contributed by atoms with van der Waals surface area (Å²) in [5.41, 5.74) is 7.78. The number of amides is 1. The molecule has 1 amide bonds. The predicted molar refractivity (Wildman–Crippen MR) is 99.2 cm³/mol. The van der Waals surface area contributed by atoms with Crippen molar-refractivity contribution in [2.75, 3.05) is 20.7 Å². The Morgan fingerprint density at radius 3 is 2.76 bits per heavy atom. The van der Waals surface area contributed by atoms with Crippen LogP contribution in [-0.4, -0.2) is 54.2 Å². The number of amidine groups is 1. The summed E-state index contributed by atoms with van der Waals surface area (Å²) in [5.74, 6) is -0.269. The third-order valence-electron chi connectivity index (χ3n) is 5.03. The van der Waals surface area contributed by atoms with Gasteiger partial charge in [0, 0.05) is 20.7 Å². The Kier molecular flexibility index (Phi) is 5.85. The lowest BCUT2D eigenvalue weighted by atomic mass is 9.99. The number of aliphatic hydroxyl groups excluding tert-OH is 1. The Bertz CT molecular complexity index is 670. The van der Waals surface area contributed by atoms with Gasteiger partial charge in [0.25, 0.3) is 0 Å². The van der Waals surface area contributed by atoms with E-state index in [-0.39, 0.29) is 5.60 Å². The van der Waals surface area contributed by atoms with Crippen LogP contribution in [0, 0.1) is 0 Å². The van der Waals surface area contributed by atoms with Gasteiger partial charge in [0.05, 0.1) is 23.3 Å². The van der Waals surface area contributed by atoms with Crippen molar-refractivity contribution in [1.82, 2.24) is 4.90 Å². The van der Waals surface area contributed by atoms with Crippen molar-refractivity contribution in [3.05, 3.63) is 29.3 Å². The summed E-state index contributed by atoms with van der Waals surface area (Å²) in [6, 6.07) is 5.68. The largest absolute Gasteiger partial charge is 0.392 e. The molecule has 0 bridgehead atoms. The fourth-order valence-electron chi connectivity index (χ4n) is 2.99. The second-order valence-electron chi connectivity index (χ2n) is 7.33. The molecule has 138 valence electrons. The summed E-state index contributed by atoms with van der Waals surface area (Å²) >= 11 is 0. The van der Waals surface area contributed by atoms with Gasteiger partial charge in [-0.15, -0.1) is 0 Å². The lowest BCUT2D eigenvalue weighted by molar-refractivity contribution is -0.121. The first-order chi connectivity index (χ1) is 11.6. The summed E-state index contributed by atoms with van der Waals surface area (Å²) in [6.07, 6.45) is 0.594. The minimum absolute atomic E-state index is 0.174. The highest BCUT2D eigenvalue weighted by atomic mass is 16.5. The van der Waals surface area contributed by atoms with Crippen molar-refractivity contribution in [3.63, 3.8) is 0 Å². The van der Waals surface area contributed by atoms with E-state index in [0.717, 1.165) is 35.6 Å². The van der Waals surface area contributed by atoms with Crippen LogP contribution >= 0.6 is 0 Å². The maximum atomic E-state index is 11.6. The molecule has 0 unspecified atom stereocenters. The number of primary amides is 1. The number of nitrogens with two attached hydrogens (primary N) is 1. The molecule has 3 N–H and O–H groups in total. The standard InChI is InChI=1S/C19H29N3O3/c1-12(22(4)9-8-19(2,3)25-5)21-14-7-6-13-10-16(23)17(18(20)24)15(13)11-14/h6-7,11,16-17,23H,8-10H2,1-5H3,(H2,20,24)/t16-,17-/m1/s1. The van der Waals surface area contributed by atoms with Crippen LogP contribution in [0.25, 0.3) is 0 Å². The zero-order valence-corrected chi connectivity index (χ0v) is 15.7. The van der Waals surface area contributed by atoms with Gasteiger partial charge in [-0.05, 0) is 56.9 Å². The molecule has 1 aromatic carbocycles. The molecule has 0 saturated heterocycles. The molecule has 25 heavy (non-hydrogen) atoms. The Morgan fingerprint density at radius 1 is 1.48 bits per heavy atom. The molecule has 2 rings (SSSR count). The van der Waals surface area contributed by atoms with E-state index >= 15 is 0 Å². The van der Waals surface area contributed by atoms with Crippen LogP contribution in [0.3, 0.4) is 0 Å². The summed E-state index contributed by atoms with van der Waals surface area (Å²) in [6.45, 7) is 6.89. The Morgan fingerprint density at radius 2 is 2.16 bits per heavy atom. The van der Waals surface area contributed by atoms with Crippen molar-refractivity contribution in [1.29, 1.82) is 0 Å². The summed E-state index contributed by atoms with van der Waals surface area (Å²) < 4.78 is 5.45. The minimum Gasteiger partial charge on any atom is -0.392 e. The number of rotatable bonds is 6. The van der Waals surface area contributed by atoms with Gasteiger partial charge in [-0.3, -0.25) is 4.79 Å². The first-order valence-electron chi connectivity index (χ1n) is 8.56. The maximum absolute atomic E-state index is 11.6. The third-order valence-corrected chi connectivity index (χ3v) is 5.03. The number of fused-ring (bicyclic) bond motifs is 1. The van der Waals surface area contributed by atoms with E-state index in [1.807, 2.05) is 32.2 Å². The number of nitrogens with zero attached hydrogens (tertiary/aromatic N) is 2. The average molecular weight is 347 g/mol. The van der Waals surface area contributed by atoms with E-state index in [0.29, 0.717) is 6.42 Å². The van der Waals surface area contributed by atoms with Gasteiger partial charge in [-0.1, -0.05) is 6.07 Å². The fraction of sp³-hybridized carbons (Fsp3) is 0.579. The quantitative estimate of drug-likeness (QED) is 0.608. The number of aliphatic imine (C=N–C) groups is 1. The van der Waals surface area contributed by atoms with Gasteiger partial charge in [0.2, 0.25) is 5.91 Å². The molecule has 6 nitrogen and oxygen atoms in total. The van der Waals surface area contributed by atoms with E-state index in [1.54, 1.807) is 7.11 Å². The highest BCUT2D eigenvalue weighted by Gasteiger charge is 2.35. The summed E-state index contributed by atoms with van der Waals surface area (Å²) in [7, 11) is 3.71. The van der Waals surface area contributed by atoms with E-state index in [2.05, 4.69) is 23.7 Å². The highest BCUT2D eigenvalue weighted by molar-refractivity contribution is 5.85. The number of carbonyl (C=O) groups is 1. The molecule has 1 aromatic rings. The molecule has 1 aliphatic rings. The maximum Gasteiger partial charge on any atom is 0.227 e. The Hall–Kier alpha value is -1.92. The summed E-state index contributed by atoms with van der Waals surface area (Å²) in [4.78, 5) is 18.4. The molecule has 0 aromatic heterocycles. The number of benzene rings is 1. The van der Waals surface area contributed by atoms with E-state index in [1.165, 1.54) is 0 Å². The zero-order valence-electron chi connectivity index (χ0n) is 15.7. The van der Waals surface area contributed by atoms with Crippen LogP contribution in [-0.2, 0) is 16.0 Å². The van der Waals surface area contributed by atoms with Crippen molar-refractivity contribution in [2.24, 2.45) is 10.7 Å². The minimum atomic E-state index is -0.744. The van der Waals surface area contributed by atoms with Crippen molar-refractivity contribution >= 4 is 17.4 Å². The normalized spacial score (nSPS) is 20.5. The average Bonchev–Trinajstić information content (AvgIpc) is 2.87. The van der Waals surface area contributed by atoms with Crippen LogP contribution in [0.2, 0.25) is 0 Å². The van der Waals surface area contributed by atoms with Crippen LogP contribution in [0.4, 0.5) is 5.69 Å². The summed E-state index contributed by atoms with van der Waals surface area (Å²) in [5, 5.41) is 10.1. The molecule has 0 aliphatic heterocycles. The molecule has 1 aliphatic carbocycles. The van der Waals surface area contributed by atoms with Crippen LogP contribution in [0.5, 0.6) is 0 Å². The van der Waals surface area contributed by atoms with Gasteiger partial charge in [-0.2, -0.15) is 0 Å². The molecule has 0 fully saturated rings. The van der Waals surface area contributed by atoms with Gasteiger partial charge < -0.3 is 20.5 Å². The molecule has 0 saturated carbocycles. The number of aliphatic hydroxyl groups is 1. The number of hydrogen-bond acceptors (Lipinski definition) is 4. The SMILES string of the molecule is COC(C)(C)CCN(C)C(C)=Nc1ccc2c(c1)[C@@H](C(N)=O)[C@H](O)C2. The highest BCUT2D eigenvalue weighted by Crippen LogP contribution is 2.35. The number of ether oxygens (including phenoxy) is 1. The van der Waals surface area contributed by atoms with Crippen molar-refractivity contribution in [3.8, 4) is 0 Å². The lowest BCUT2D eigenvalue weighted by Gasteiger charge is -2.27. The van der Waals surface area contributed by atoms with Gasteiger partial charge in [0.15, 0.2) is 0 Å². The first kappa shape index (κ1) is 19.4. The topological polar surface area (TPSA) is 88.1 Å². The van der Waals surface area contributed by atoms with Crippen molar-refractivity contribution in [2.45, 2.75) is 51.2 Å². The first-order valence-corrected chi connectivity index (χ1v) is 8.56. The second kappa shape index (κ2) is 7.54. The molecule has 0 radical (unpaired) electrons. The third kappa shape index (κ3) is 4.58. The number of hydrogen-bond donors (Lipinski definition) is 2. The van der Waals surface area contributed by atoms with Crippen LogP contribution in [0.1, 0.15) is 44.2 Å². The second-order valence-corrected chi connectivity index (χ2v) is 7.33. The Balaban J connectivity index is 2.15. The van der Waals surface area contributed by atoms with Crippen LogP contribution in [0.15, 0.2) is 23.2 Å². The van der Waals surface area contributed by atoms with E-state index in [9.17, 15) is 9.90 Å². The number of carbonyl (C=O) groups excluding carboxylic acids is 1. The zero-order chi connectivity index (χ0) is 18.8. The fourth-order valence-corrected chi connectivity index (χ4v) is 2.99.